The Kier molecular flexibility index (Phi) is 3.63. The van der Waals surface area contributed by atoms with Crippen LogP contribution in [0.15, 0.2) is 48.5 Å². The van der Waals surface area contributed by atoms with Gasteiger partial charge in [-0.15, -0.1) is 0 Å². The van der Waals surface area contributed by atoms with E-state index in [9.17, 15) is 4.79 Å². The van der Waals surface area contributed by atoms with E-state index >= 15 is 0 Å². The van der Waals surface area contributed by atoms with Crippen LogP contribution in [0.25, 0.3) is 11.1 Å². The van der Waals surface area contributed by atoms with Gasteiger partial charge in [0.05, 0.1) is 0 Å². The van der Waals surface area contributed by atoms with Gasteiger partial charge in [0, 0.05) is 25.5 Å². The van der Waals surface area contributed by atoms with Gasteiger partial charge in [0.1, 0.15) is 0 Å². The van der Waals surface area contributed by atoms with Gasteiger partial charge < -0.3 is 10.2 Å². The van der Waals surface area contributed by atoms with E-state index in [1.807, 2.05) is 38.4 Å². The molecule has 0 fully saturated rings. The third kappa shape index (κ3) is 2.69. The minimum absolute atomic E-state index is 0.689. The van der Waals surface area contributed by atoms with Crippen molar-refractivity contribution >= 4 is 17.8 Å². The Labute approximate surface area is 107 Å². The molecular formula is C15H16N2O. The minimum atomic E-state index is 0.689. The summed E-state index contributed by atoms with van der Waals surface area (Å²) in [6.07, 6.45) is 0.689. The number of nitrogens with zero attached hydrogens (tertiary/aromatic N) is 1. The average molecular weight is 240 g/mol. The fourth-order valence-corrected chi connectivity index (χ4v) is 1.81. The van der Waals surface area contributed by atoms with Crippen LogP contribution in [-0.4, -0.2) is 20.5 Å². The molecule has 18 heavy (non-hydrogen) atoms. The van der Waals surface area contributed by atoms with Crippen LogP contribution in [0, 0.1) is 0 Å². The van der Waals surface area contributed by atoms with E-state index < -0.39 is 0 Å². The molecule has 0 saturated carbocycles. The Hall–Kier alpha value is -2.29. The molecular weight excluding hydrogens is 224 g/mol. The first kappa shape index (κ1) is 12.2. The lowest BCUT2D eigenvalue weighted by Crippen LogP contribution is -2.07. The highest BCUT2D eigenvalue weighted by Crippen LogP contribution is 2.24. The predicted molar refractivity (Wildman–Crippen MR) is 75.9 cm³/mol. The zero-order valence-corrected chi connectivity index (χ0v) is 10.6. The number of hydrogen-bond acceptors (Lipinski definition) is 2. The largest absolute Gasteiger partial charge is 0.378 e. The van der Waals surface area contributed by atoms with Gasteiger partial charge in [0.15, 0.2) is 0 Å². The van der Waals surface area contributed by atoms with Crippen molar-refractivity contribution in [1.29, 1.82) is 0 Å². The number of nitrogens with one attached hydrogen (secondary N) is 1. The number of carbonyl (C=O) groups excluding carboxylic acids is 1. The Morgan fingerprint density at radius 1 is 1.00 bits per heavy atom. The summed E-state index contributed by atoms with van der Waals surface area (Å²) in [5.41, 5.74) is 4.20. The Morgan fingerprint density at radius 3 is 2.33 bits per heavy atom. The highest BCUT2D eigenvalue weighted by molar-refractivity contribution is 5.76. The summed E-state index contributed by atoms with van der Waals surface area (Å²) in [6, 6.07) is 16.1. The summed E-state index contributed by atoms with van der Waals surface area (Å²) in [5.74, 6) is 0. The van der Waals surface area contributed by atoms with E-state index in [0.717, 1.165) is 16.8 Å². The maximum absolute atomic E-state index is 10.4. The monoisotopic (exact) mass is 240 g/mol. The maximum Gasteiger partial charge on any atom is 0.211 e. The summed E-state index contributed by atoms with van der Waals surface area (Å²) in [6.45, 7) is 0. The van der Waals surface area contributed by atoms with E-state index in [2.05, 4.69) is 34.5 Å². The molecule has 0 aliphatic rings. The molecule has 0 spiro atoms. The van der Waals surface area contributed by atoms with Gasteiger partial charge in [0.2, 0.25) is 6.41 Å². The highest BCUT2D eigenvalue weighted by Gasteiger charge is 2.00. The highest BCUT2D eigenvalue weighted by atomic mass is 16.1. The molecule has 2 rings (SSSR count). The molecule has 2 aromatic carbocycles. The molecule has 0 aliphatic heterocycles. The van der Waals surface area contributed by atoms with Crippen LogP contribution in [0.2, 0.25) is 0 Å². The predicted octanol–water partition coefficient (Wildman–Crippen LogP) is 2.99. The molecule has 1 amide bonds. The average Bonchev–Trinajstić information content (AvgIpc) is 2.39. The SMILES string of the molecule is CN(C)c1ccc(-c2cccc(NC=O)c2)cc1. The van der Waals surface area contributed by atoms with Gasteiger partial charge in [-0.2, -0.15) is 0 Å². The molecule has 0 aliphatic carbocycles. The van der Waals surface area contributed by atoms with Crippen LogP contribution >= 0.6 is 0 Å². The standard InChI is InChI=1S/C15H16N2O/c1-17(2)15-8-6-12(7-9-15)13-4-3-5-14(10-13)16-11-18/h3-11H,1-2H3,(H,16,18). The van der Waals surface area contributed by atoms with Crippen molar-refractivity contribution in [2.75, 3.05) is 24.3 Å². The molecule has 0 radical (unpaired) electrons. The van der Waals surface area contributed by atoms with Gasteiger partial charge in [-0.1, -0.05) is 24.3 Å². The van der Waals surface area contributed by atoms with Crippen LogP contribution < -0.4 is 10.2 Å². The third-order valence-electron chi connectivity index (χ3n) is 2.81. The summed E-state index contributed by atoms with van der Waals surface area (Å²) >= 11 is 0. The number of anilines is 2. The van der Waals surface area contributed by atoms with Crippen molar-refractivity contribution in [3.05, 3.63) is 48.5 Å². The lowest BCUT2D eigenvalue weighted by molar-refractivity contribution is -0.105. The summed E-state index contributed by atoms with van der Waals surface area (Å²) in [7, 11) is 4.03. The second-order valence-electron chi connectivity index (χ2n) is 4.28. The summed E-state index contributed by atoms with van der Waals surface area (Å²) in [4.78, 5) is 12.5. The van der Waals surface area contributed by atoms with Gasteiger partial charge in [0.25, 0.3) is 0 Å². The second-order valence-corrected chi connectivity index (χ2v) is 4.28. The van der Waals surface area contributed by atoms with Crippen molar-refractivity contribution in [3.8, 4) is 11.1 Å². The van der Waals surface area contributed by atoms with Gasteiger partial charge >= 0.3 is 0 Å². The normalized spacial score (nSPS) is 9.89. The number of benzene rings is 2. The first-order chi connectivity index (χ1) is 8.70. The van der Waals surface area contributed by atoms with Crippen LogP contribution in [-0.2, 0) is 4.79 Å². The first-order valence-corrected chi connectivity index (χ1v) is 5.79. The Morgan fingerprint density at radius 2 is 1.72 bits per heavy atom. The minimum Gasteiger partial charge on any atom is -0.378 e. The maximum atomic E-state index is 10.4. The quantitative estimate of drug-likeness (QED) is 0.833. The molecule has 92 valence electrons. The number of carbonyl (C=O) groups is 1. The van der Waals surface area contributed by atoms with Crippen LogP contribution in [0.4, 0.5) is 11.4 Å². The fourth-order valence-electron chi connectivity index (χ4n) is 1.81. The second kappa shape index (κ2) is 5.36. The molecule has 2 aromatic rings. The van der Waals surface area contributed by atoms with Gasteiger partial charge in [-0.05, 0) is 35.4 Å². The Bertz CT molecular complexity index is 532. The zero-order chi connectivity index (χ0) is 13.0. The van der Waals surface area contributed by atoms with E-state index in [-0.39, 0.29) is 0 Å². The third-order valence-corrected chi connectivity index (χ3v) is 2.81. The van der Waals surface area contributed by atoms with E-state index in [0.29, 0.717) is 6.41 Å². The van der Waals surface area contributed by atoms with Crippen molar-refractivity contribution in [2.45, 2.75) is 0 Å². The first-order valence-electron chi connectivity index (χ1n) is 5.79. The lowest BCUT2D eigenvalue weighted by Gasteiger charge is -2.13. The fraction of sp³-hybridized carbons (Fsp3) is 0.133. The van der Waals surface area contributed by atoms with Crippen LogP contribution in [0.5, 0.6) is 0 Å². The van der Waals surface area contributed by atoms with Crippen molar-refractivity contribution in [2.24, 2.45) is 0 Å². The number of hydrogen-bond donors (Lipinski definition) is 1. The van der Waals surface area contributed by atoms with Gasteiger partial charge in [-0.3, -0.25) is 4.79 Å². The van der Waals surface area contributed by atoms with Crippen LogP contribution in [0.3, 0.4) is 0 Å². The number of amides is 1. The summed E-state index contributed by atoms with van der Waals surface area (Å²) in [5, 5.41) is 2.66. The van der Waals surface area contributed by atoms with E-state index in [1.165, 1.54) is 5.69 Å². The molecule has 1 N–H and O–H groups in total. The topological polar surface area (TPSA) is 32.3 Å². The van der Waals surface area contributed by atoms with E-state index in [1.54, 1.807) is 0 Å². The van der Waals surface area contributed by atoms with Crippen LogP contribution in [0.1, 0.15) is 0 Å². The number of rotatable bonds is 4. The molecule has 0 bridgehead atoms. The smallest absolute Gasteiger partial charge is 0.211 e. The molecule has 0 atom stereocenters. The molecule has 3 heteroatoms. The zero-order valence-electron chi connectivity index (χ0n) is 10.6. The molecule has 0 heterocycles. The van der Waals surface area contributed by atoms with Crippen molar-refractivity contribution in [3.63, 3.8) is 0 Å². The molecule has 0 aromatic heterocycles. The lowest BCUT2D eigenvalue weighted by atomic mass is 10.0. The van der Waals surface area contributed by atoms with Gasteiger partial charge in [-0.25, -0.2) is 0 Å². The van der Waals surface area contributed by atoms with Crippen molar-refractivity contribution in [1.82, 2.24) is 0 Å². The van der Waals surface area contributed by atoms with E-state index in [4.69, 9.17) is 0 Å². The van der Waals surface area contributed by atoms with Crippen molar-refractivity contribution < 1.29 is 4.79 Å². The molecule has 0 unspecified atom stereocenters. The molecule has 3 nitrogen and oxygen atoms in total. The molecule has 0 saturated heterocycles. The summed E-state index contributed by atoms with van der Waals surface area (Å²) < 4.78 is 0. The Balaban J connectivity index is 2.30.